The van der Waals surface area contributed by atoms with Gasteiger partial charge in [-0.25, -0.2) is 0 Å². The van der Waals surface area contributed by atoms with Gasteiger partial charge in [0.25, 0.3) is 0 Å². The zero-order valence-electron chi connectivity index (χ0n) is 7.71. The lowest BCUT2D eigenvalue weighted by Crippen LogP contribution is -2.44. The van der Waals surface area contributed by atoms with Crippen LogP contribution in [0.2, 0.25) is 0 Å². The highest BCUT2D eigenvalue weighted by Crippen LogP contribution is 2.52. The van der Waals surface area contributed by atoms with Crippen LogP contribution in [0.4, 0.5) is 0 Å². The lowest BCUT2D eigenvalue weighted by atomic mass is 9.58. The molecule has 0 amide bonds. The topological polar surface area (TPSA) is 7.60 Å². The molecule has 2 fully saturated rings. The predicted molar refractivity (Wildman–Crippen MR) is 48.2 cm³/mol. The minimum atomic E-state index is 0.667. The number of hydrogen-bond donors (Lipinski definition) is 0. The van der Waals surface area contributed by atoms with Crippen molar-refractivity contribution in [3.8, 4) is 0 Å². The maximum Gasteiger partial charge on any atom is 0.0865 e. The van der Waals surface area contributed by atoms with Gasteiger partial charge in [0, 0.05) is 0 Å². The highest BCUT2D eigenvalue weighted by molar-refractivity contribution is 4.95. The molecule has 2 aliphatic rings. The standard InChI is InChI=1S/C10H16N2/c1-9-7-10(8-9)3-5-12(11-2)6-4-10/h9H,3-8H2,1H3. The van der Waals surface area contributed by atoms with Crippen molar-refractivity contribution in [2.75, 3.05) is 13.1 Å². The summed E-state index contributed by atoms with van der Waals surface area (Å²) in [5.41, 5.74) is 0.667. The van der Waals surface area contributed by atoms with Crippen molar-refractivity contribution >= 4 is 0 Å². The Kier molecular flexibility index (Phi) is 1.75. The maximum atomic E-state index is 6.89. The van der Waals surface area contributed by atoms with Gasteiger partial charge >= 0.3 is 0 Å². The second-order valence-corrected chi connectivity index (χ2v) is 4.57. The Morgan fingerprint density at radius 3 is 2.33 bits per heavy atom. The zero-order chi connectivity index (χ0) is 8.60. The third-order valence-electron chi connectivity index (χ3n) is 3.50. The van der Waals surface area contributed by atoms with E-state index in [2.05, 4.69) is 11.9 Å². The summed E-state index contributed by atoms with van der Waals surface area (Å²) in [6.45, 7) is 11.3. The van der Waals surface area contributed by atoms with Crippen LogP contribution in [0.15, 0.2) is 0 Å². The fourth-order valence-corrected chi connectivity index (χ4v) is 2.90. The molecule has 2 rings (SSSR count). The summed E-state index contributed by atoms with van der Waals surface area (Å²) in [4.78, 5) is 3.47. The molecular weight excluding hydrogens is 148 g/mol. The van der Waals surface area contributed by atoms with Gasteiger partial charge in [0.1, 0.15) is 0 Å². The van der Waals surface area contributed by atoms with Crippen molar-refractivity contribution < 1.29 is 0 Å². The van der Waals surface area contributed by atoms with Crippen molar-refractivity contribution in [3.63, 3.8) is 0 Å². The van der Waals surface area contributed by atoms with Gasteiger partial charge in [0.15, 0.2) is 0 Å². The predicted octanol–water partition coefficient (Wildman–Crippen LogP) is 2.33. The van der Waals surface area contributed by atoms with Gasteiger partial charge in [-0.1, -0.05) is 6.92 Å². The fraction of sp³-hybridized carbons (Fsp3) is 0.900. The lowest BCUT2D eigenvalue weighted by molar-refractivity contribution is 0.00526. The monoisotopic (exact) mass is 164 g/mol. The third-order valence-corrected chi connectivity index (χ3v) is 3.50. The van der Waals surface area contributed by atoms with E-state index in [9.17, 15) is 0 Å². The Morgan fingerprint density at radius 2 is 1.92 bits per heavy atom. The van der Waals surface area contributed by atoms with Crippen molar-refractivity contribution in [3.05, 3.63) is 11.5 Å². The first-order valence-electron chi connectivity index (χ1n) is 4.86. The van der Waals surface area contributed by atoms with Crippen LogP contribution >= 0.6 is 0 Å². The second kappa shape index (κ2) is 2.65. The van der Waals surface area contributed by atoms with Crippen LogP contribution in [0.25, 0.3) is 4.95 Å². The Morgan fingerprint density at radius 1 is 1.33 bits per heavy atom. The highest BCUT2D eigenvalue weighted by Gasteiger charge is 2.44. The summed E-state index contributed by atoms with van der Waals surface area (Å²) < 4.78 is 0. The van der Waals surface area contributed by atoms with Crippen LogP contribution < -0.4 is 0 Å². The van der Waals surface area contributed by atoms with E-state index >= 15 is 0 Å². The summed E-state index contributed by atoms with van der Waals surface area (Å²) in [6.07, 6.45) is 5.36. The van der Waals surface area contributed by atoms with E-state index in [0.717, 1.165) is 19.0 Å². The zero-order valence-corrected chi connectivity index (χ0v) is 7.71. The van der Waals surface area contributed by atoms with Crippen LogP contribution in [0.5, 0.6) is 0 Å². The van der Waals surface area contributed by atoms with Crippen molar-refractivity contribution in [2.24, 2.45) is 11.3 Å². The molecule has 1 aliphatic carbocycles. The molecule has 0 aromatic carbocycles. The van der Waals surface area contributed by atoms with Crippen LogP contribution in [0.3, 0.4) is 0 Å². The summed E-state index contributed by atoms with van der Waals surface area (Å²) in [7, 11) is 0. The molecule has 0 aromatic heterocycles. The number of rotatable bonds is 0. The summed E-state index contributed by atoms with van der Waals surface area (Å²) in [5.74, 6) is 0.949. The molecule has 0 N–H and O–H groups in total. The van der Waals surface area contributed by atoms with E-state index in [4.69, 9.17) is 6.57 Å². The Bertz CT molecular complexity index is 200. The molecule has 2 heteroatoms. The van der Waals surface area contributed by atoms with E-state index in [-0.39, 0.29) is 0 Å². The minimum absolute atomic E-state index is 0.667. The van der Waals surface area contributed by atoms with E-state index in [1.807, 2.05) is 5.01 Å². The average Bonchev–Trinajstić information content (AvgIpc) is 2.04. The van der Waals surface area contributed by atoms with Gasteiger partial charge in [-0.15, -0.1) is 5.01 Å². The molecule has 0 unspecified atom stereocenters. The first-order valence-corrected chi connectivity index (χ1v) is 4.86. The van der Waals surface area contributed by atoms with Crippen LogP contribution in [-0.2, 0) is 0 Å². The molecule has 1 aliphatic heterocycles. The maximum absolute atomic E-state index is 6.89. The van der Waals surface area contributed by atoms with E-state index in [0.29, 0.717) is 5.41 Å². The Hall–Kier alpha value is -0.710. The number of hydrogen-bond acceptors (Lipinski definition) is 1. The molecule has 0 radical (unpaired) electrons. The van der Waals surface area contributed by atoms with Crippen LogP contribution in [0, 0.1) is 17.9 Å². The Labute approximate surface area is 74.3 Å². The van der Waals surface area contributed by atoms with Gasteiger partial charge in [-0.05, 0) is 37.0 Å². The van der Waals surface area contributed by atoms with Gasteiger partial charge < -0.3 is 0 Å². The van der Waals surface area contributed by atoms with Crippen molar-refractivity contribution in [2.45, 2.75) is 32.6 Å². The second-order valence-electron chi connectivity index (χ2n) is 4.57. The lowest BCUT2D eigenvalue weighted by Gasteiger charge is -2.49. The highest BCUT2D eigenvalue weighted by atomic mass is 15.4. The molecule has 12 heavy (non-hydrogen) atoms. The van der Waals surface area contributed by atoms with Gasteiger partial charge in [-0.2, -0.15) is 11.5 Å². The normalized spacial score (nSPS) is 28.2. The first-order chi connectivity index (χ1) is 5.74. The van der Waals surface area contributed by atoms with E-state index in [1.54, 1.807) is 0 Å². The largest absolute Gasteiger partial charge is 0.184 e. The summed E-state index contributed by atoms with van der Waals surface area (Å²) in [6, 6.07) is 0. The van der Waals surface area contributed by atoms with E-state index < -0.39 is 0 Å². The fourth-order valence-electron chi connectivity index (χ4n) is 2.90. The molecule has 0 atom stereocenters. The molecule has 0 bridgehead atoms. The average molecular weight is 164 g/mol. The van der Waals surface area contributed by atoms with Crippen LogP contribution in [0.1, 0.15) is 32.6 Å². The molecule has 1 spiro atoms. The SMILES string of the molecule is [C-]#[N+]N1CCC2(CC1)CC(C)C2. The number of nitrogens with zero attached hydrogens (tertiary/aromatic N) is 2. The van der Waals surface area contributed by atoms with Gasteiger partial charge in [-0.3, -0.25) is 0 Å². The van der Waals surface area contributed by atoms with Crippen molar-refractivity contribution in [1.29, 1.82) is 0 Å². The summed E-state index contributed by atoms with van der Waals surface area (Å²) in [5, 5.41) is 1.88. The van der Waals surface area contributed by atoms with E-state index in [1.165, 1.54) is 25.7 Å². The molecular formula is C10H16N2. The number of piperidine rings is 1. The van der Waals surface area contributed by atoms with Crippen LogP contribution in [-0.4, -0.2) is 18.1 Å². The smallest absolute Gasteiger partial charge is 0.0865 e. The van der Waals surface area contributed by atoms with Gasteiger partial charge in [0.2, 0.25) is 0 Å². The first kappa shape index (κ1) is 7.91. The summed E-state index contributed by atoms with van der Waals surface area (Å²) >= 11 is 0. The Balaban J connectivity index is 1.88. The molecule has 1 heterocycles. The quantitative estimate of drug-likeness (QED) is 0.499. The molecule has 2 nitrogen and oxygen atoms in total. The third kappa shape index (κ3) is 1.18. The minimum Gasteiger partial charge on any atom is -0.184 e. The molecule has 1 saturated carbocycles. The van der Waals surface area contributed by atoms with Gasteiger partial charge in [0.05, 0.1) is 13.1 Å². The molecule has 1 saturated heterocycles. The molecule has 0 aromatic rings. The van der Waals surface area contributed by atoms with Crippen molar-refractivity contribution in [1.82, 2.24) is 5.01 Å². The molecule has 66 valence electrons.